The van der Waals surface area contributed by atoms with Crippen LogP contribution in [0.3, 0.4) is 0 Å². The molecule has 5 heteroatoms. The SMILES string of the molecule is O=c1ccc(-c2cc(F)ccc2OCC2CCCCO2)c[nH]1. The first kappa shape index (κ1) is 14.8. The second-order valence-electron chi connectivity index (χ2n) is 5.38. The lowest BCUT2D eigenvalue weighted by molar-refractivity contribution is -0.0109. The highest BCUT2D eigenvalue weighted by Gasteiger charge is 2.16. The van der Waals surface area contributed by atoms with Crippen LogP contribution in [0.4, 0.5) is 4.39 Å². The number of ether oxygens (including phenoxy) is 2. The molecule has 1 aromatic carbocycles. The summed E-state index contributed by atoms with van der Waals surface area (Å²) >= 11 is 0. The van der Waals surface area contributed by atoms with Gasteiger partial charge >= 0.3 is 0 Å². The maximum absolute atomic E-state index is 13.6. The maximum atomic E-state index is 13.6. The lowest BCUT2D eigenvalue weighted by Gasteiger charge is -2.23. The molecule has 116 valence electrons. The molecule has 0 amide bonds. The minimum Gasteiger partial charge on any atom is -0.490 e. The van der Waals surface area contributed by atoms with Crippen molar-refractivity contribution in [2.45, 2.75) is 25.4 Å². The molecule has 2 heterocycles. The number of pyridine rings is 1. The van der Waals surface area contributed by atoms with Gasteiger partial charge in [-0.3, -0.25) is 4.79 Å². The Hall–Kier alpha value is -2.14. The van der Waals surface area contributed by atoms with Gasteiger partial charge in [0.1, 0.15) is 18.2 Å². The summed E-state index contributed by atoms with van der Waals surface area (Å²) in [6, 6.07) is 7.45. The highest BCUT2D eigenvalue weighted by Crippen LogP contribution is 2.30. The molecule has 0 bridgehead atoms. The molecule has 1 aliphatic heterocycles. The molecule has 1 saturated heterocycles. The molecular formula is C17H18FNO3. The van der Waals surface area contributed by atoms with E-state index in [4.69, 9.17) is 9.47 Å². The fraction of sp³-hybridized carbons (Fsp3) is 0.353. The summed E-state index contributed by atoms with van der Waals surface area (Å²) in [5, 5.41) is 0. The van der Waals surface area contributed by atoms with Crippen LogP contribution in [0.2, 0.25) is 0 Å². The highest BCUT2D eigenvalue weighted by molar-refractivity contribution is 5.69. The molecule has 0 aliphatic carbocycles. The van der Waals surface area contributed by atoms with Crippen molar-refractivity contribution in [1.29, 1.82) is 0 Å². The van der Waals surface area contributed by atoms with Crippen molar-refractivity contribution in [3.05, 3.63) is 52.7 Å². The first-order valence-electron chi connectivity index (χ1n) is 7.45. The van der Waals surface area contributed by atoms with E-state index in [2.05, 4.69) is 4.98 Å². The van der Waals surface area contributed by atoms with Gasteiger partial charge in [-0.2, -0.15) is 0 Å². The number of H-pyrrole nitrogens is 1. The van der Waals surface area contributed by atoms with Crippen LogP contribution in [0.15, 0.2) is 41.3 Å². The largest absolute Gasteiger partial charge is 0.490 e. The van der Waals surface area contributed by atoms with Crippen LogP contribution in [0.5, 0.6) is 5.75 Å². The van der Waals surface area contributed by atoms with Crippen molar-refractivity contribution in [3.8, 4) is 16.9 Å². The summed E-state index contributed by atoms with van der Waals surface area (Å²) in [5.41, 5.74) is 1.13. The van der Waals surface area contributed by atoms with E-state index in [9.17, 15) is 9.18 Å². The summed E-state index contributed by atoms with van der Waals surface area (Å²) in [6.45, 7) is 1.21. The molecule has 1 aliphatic rings. The van der Waals surface area contributed by atoms with Crippen molar-refractivity contribution < 1.29 is 13.9 Å². The topological polar surface area (TPSA) is 51.3 Å². The number of nitrogens with one attached hydrogen (secondary N) is 1. The normalized spacial score (nSPS) is 18.1. The zero-order chi connectivity index (χ0) is 15.4. The van der Waals surface area contributed by atoms with E-state index in [0.29, 0.717) is 23.5 Å². The van der Waals surface area contributed by atoms with Crippen molar-refractivity contribution in [3.63, 3.8) is 0 Å². The van der Waals surface area contributed by atoms with Crippen LogP contribution < -0.4 is 10.3 Å². The molecule has 0 radical (unpaired) electrons. The number of benzene rings is 1. The van der Waals surface area contributed by atoms with E-state index in [1.165, 1.54) is 18.2 Å². The van der Waals surface area contributed by atoms with Gasteiger partial charge in [-0.15, -0.1) is 0 Å². The van der Waals surface area contributed by atoms with Crippen LogP contribution >= 0.6 is 0 Å². The van der Waals surface area contributed by atoms with Crippen molar-refractivity contribution in [1.82, 2.24) is 4.98 Å². The van der Waals surface area contributed by atoms with E-state index in [-0.39, 0.29) is 17.5 Å². The number of aromatic nitrogens is 1. The molecule has 2 aromatic rings. The molecule has 3 rings (SSSR count). The molecular weight excluding hydrogens is 285 g/mol. The second-order valence-corrected chi connectivity index (χ2v) is 5.38. The monoisotopic (exact) mass is 303 g/mol. The molecule has 22 heavy (non-hydrogen) atoms. The van der Waals surface area contributed by atoms with Gasteiger partial charge in [0.05, 0.1) is 6.10 Å². The van der Waals surface area contributed by atoms with Gasteiger partial charge in [-0.25, -0.2) is 4.39 Å². The lowest BCUT2D eigenvalue weighted by Crippen LogP contribution is -2.25. The molecule has 4 nitrogen and oxygen atoms in total. The van der Waals surface area contributed by atoms with Crippen LogP contribution in [0, 0.1) is 5.82 Å². The van der Waals surface area contributed by atoms with Gasteiger partial charge < -0.3 is 14.5 Å². The Morgan fingerprint density at radius 2 is 2.18 bits per heavy atom. The van der Waals surface area contributed by atoms with Crippen LogP contribution in [0.1, 0.15) is 19.3 Å². The minimum atomic E-state index is -0.345. The molecule has 1 aromatic heterocycles. The first-order chi connectivity index (χ1) is 10.7. The molecule has 1 fully saturated rings. The lowest BCUT2D eigenvalue weighted by atomic mass is 10.1. The third kappa shape index (κ3) is 3.54. The number of hydrogen-bond acceptors (Lipinski definition) is 3. The van der Waals surface area contributed by atoms with Crippen LogP contribution in [0.25, 0.3) is 11.1 Å². The van der Waals surface area contributed by atoms with Gasteiger partial charge in [-0.1, -0.05) is 0 Å². The Bertz CT molecular complexity index is 672. The third-order valence-corrected chi connectivity index (χ3v) is 3.74. The number of halogens is 1. The predicted molar refractivity (Wildman–Crippen MR) is 81.5 cm³/mol. The average molecular weight is 303 g/mol. The summed E-state index contributed by atoms with van der Waals surface area (Å²) in [4.78, 5) is 13.8. The van der Waals surface area contributed by atoms with E-state index in [1.807, 2.05) is 0 Å². The number of hydrogen-bond donors (Lipinski definition) is 1. The average Bonchev–Trinajstić information content (AvgIpc) is 2.55. The quantitative estimate of drug-likeness (QED) is 0.944. The Balaban J connectivity index is 1.81. The first-order valence-corrected chi connectivity index (χ1v) is 7.45. The highest BCUT2D eigenvalue weighted by atomic mass is 19.1. The Kier molecular flexibility index (Phi) is 4.53. The van der Waals surface area contributed by atoms with E-state index < -0.39 is 0 Å². The minimum absolute atomic E-state index is 0.0854. The Morgan fingerprint density at radius 1 is 1.27 bits per heavy atom. The molecule has 0 saturated carbocycles. The van der Waals surface area contributed by atoms with E-state index in [1.54, 1.807) is 18.3 Å². The van der Waals surface area contributed by atoms with Crippen LogP contribution in [-0.2, 0) is 4.74 Å². The molecule has 0 spiro atoms. The molecule has 1 N–H and O–H groups in total. The van der Waals surface area contributed by atoms with Crippen molar-refractivity contribution in [2.75, 3.05) is 13.2 Å². The Labute approximate surface area is 127 Å². The maximum Gasteiger partial charge on any atom is 0.247 e. The third-order valence-electron chi connectivity index (χ3n) is 3.74. The van der Waals surface area contributed by atoms with Crippen molar-refractivity contribution >= 4 is 0 Å². The fourth-order valence-electron chi connectivity index (χ4n) is 2.55. The number of rotatable bonds is 4. The molecule has 1 unspecified atom stereocenters. The Morgan fingerprint density at radius 3 is 2.91 bits per heavy atom. The van der Waals surface area contributed by atoms with Gasteiger partial charge in [-0.05, 0) is 43.5 Å². The smallest absolute Gasteiger partial charge is 0.247 e. The van der Waals surface area contributed by atoms with Crippen molar-refractivity contribution in [2.24, 2.45) is 0 Å². The standard InChI is InChI=1S/C17H18FNO3/c18-13-5-6-16(22-11-14-3-1-2-8-21-14)15(9-13)12-4-7-17(20)19-10-12/h4-7,9-10,14H,1-3,8,11H2,(H,19,20). The van der Waals surface area contributed by atoms with Gasteiger partial charge in [0.2, 0.25) is 5.56 Å². The van der Waals surface area contributed by atoms with Crippen LogP contribution in [-0.4, -0.2) is 24.3 Å². The summed E-state index contributed by atoms with van der Waals surface area (Å²) < 4.78 is 25.0. The zero-order valence-electron chi connectivity index (χ0n) is 12.2. The van der Waals surface area contributed by atoms with E-state index in [0.717, 1.165) is 25.9 Å². The predicted octanol–water partition coefficient (Wildman–Crippen LogP) is 3.13. The summed E-state index contributed by atoms with van der Waals surface area (Å²) in [7, 11) is 0. The van der Waals surface area contributed by atoms with Gasteiger partial charge in [0, 0.05) is 30.0 Å². The zero-order valence-corrected chi connectivity index (χ0v) is 12.2. The summed E-state index contributed by atoms with van der Waals surface area (Å²) in [5.74, 6) is 0.241. The molecule has 1 atom stereocenters. The second kappa shape index (κ2) is 6.75. The van der Waals surface area contributed by atoms with E-state index >= 15 is 0 Å². The number of aromatic amines is 1. The fourth-order valence-corrected chi connectivity index (χ4v) is 2.55. The summed E-state index contributed by atoms with van der Waals surface area (Å²) in [6.07, 6.45) is 4.86. The van der Waals surface area contributed by atoms with Gasteiger partial charge in [0.25, 0.3) is 0 Å². The van der Waals surface area contributed by atoms with Gasteiger partial charge in [0.15, 0.2) is 0 Å².